The van der Waals surface area contributed by atoms with Crippen LogP contribution in [0.3, 0.4) is 0 Å². The highest BCUT2D eigenvalue weighted by molar-refractivity contribution is 5.19. The summed E-state index contributed by atoms with van der Waals surface area (Å²) < 4.78 is 0. The van der Waals surface area contributed by atoms with Gasteiger partial charge >= 0.3 is 0 Å². The van der Waals surface area contributed by atoms with Crippen LogP contribution in [0, 0.1) is 12.3 Å². The molecular formula is C16H23N3. The number of piperidine rings is 1. The van der Waals surface area contributed by atoms with E-state index in [4.69, 9.17) is 6.42 Å². The first kappa shape index (κ1) is 14.0. The van der Waals surface area contributed by atoms with Crippen LogP contribution in [0.25, 0.3) is 0 Å². The molecule has 1 saturated heterocycles. The van der Waals surface area contributed by atoms with Gasteiger partial charge in [-0.2, -0.15) is 0 Å². The number of nitrogens with zero attached hydrogens (tertiary/aromatic N) is 2. The maximum atomic E-state index is 5.35. The molecule has 0 aliphatic carbocycles. The standard InChI is InChI=1S/C16H23N3/c1-3-10-19-11-7-15(8-12-19)18-13-16-14(4-2)6-5-9-17-16/h1,5-6,9,15,18H,4,7-8,10-13H2,2H3. The van der Waals surface area contributed by atoms with Gasteiger partial charge in [-0.1, -0.05) is 18.9 Å². The van der Waals surface area contributed by atoms with Gasteiger partial charge in [0.25, 0.3) is 0 Å². The van der Waals surface area contributed by atoms with E-state index >= 15 is 0 Å². The molecule has 2 heterocycles. The van der Waals surface area contributed by atoms with Gasteiger partial charge in [-0.25, -0.2) is 0 Å². The first-order chi connectivity index (χ1) is 9.33. The zero-order valence-electron chi connectivity index (χ0n) is 11.7. The number of terminal acetylenes is 1. The predicted molar refractivity (Wildman–Crippen MR) is 78.7 cm³/mol. The molecule has 2 rings (SSSR count). The van der Waals surface area contributed by atoms with Crippen molar-refractivity contribution in [3.05, 3.63) is 29.6 Å². The number of likely N-dealkylation sites (tertiary alicyclic amines) is 1. The molecule has 0 atom stereocenters. The van der Waals surface area contributed by atoms with Gasteiger partial charge in [-0.05, 0) is 30.9 Å². The van der Waals surface area contributed by atoms with Crippen molar-refractivity contribution >= 4 is 0 Å². The lowest BCUT2D eigenvalue weighted by Crippen LogP contribution is -2.42. The third kappa shape index (κ3) is 4.05. The van der Waals surface area contributed by atoms with E-state index in [1.54, 1.807) is 0 Å². The van der Waals surface area contributed by atoms with Gasteiger partial charge in [-0.3, -0.25) is 9.88 Å². The molecule has 0 amide bonds. The lowest BCUT2D eigenvalue weighted by molar-refractivity contribution is 0.217. The summed E-state index contributed by atoms with van der Waals surface area (Å²) in [5.74, 6) is 2.72. The predicted octanol–water partition coefficient (Wildman–Crippen LogP) is 1.83. The number of pyridine rings is 1. The van der Waals surface area contributed by atoms with Crippen LogP contribution in [0.4, 0.5) is 0 Å². The summed E-state index contributed by atoms with van der Waals surface area (Å²) in [6, 6.07) is 4.78. The third-order valence-corrected chi connectivity index (χ3v) is 3.83. The van der Waals surface area contributed by atoms with Crippen molar-refractivity contribution in [2.45, 2.75) is 38.8 Å². The minimum absolute atomic E-state index is 0.598. The van der Waals surface area contributed by atoms with E-state index in [1.165, 1.54) is 24.1 Å². The van der Waals surface area contributed by atoms with E-state index in [-0.39, 0.29) is 0 Å². The molecule has 1 aliphatic heterocycles. The van der Waals surface area contributed by atoms with Gasteiger partial charge in [0.2, 0.25) is 0 Å². The van der Waals surface area contributed by atoms with Crippen LogP contribution in [0.15, 0.2) is 18.3 Å². The Bertz CT molecular complexity index is 428. The highest BCUT2D eigenvalue weighted by atomic mass is 15.1. The Balaban J connectivity index is 1.79. The molecule has 1 aromatic rings. The molecule has 1 aliphatic rings. The lowest BCUT2D eigenvalue weighted by Gasteiger charge is -2.31. The minimum Gasteiger partial charge on any atom is -0.308 e. The summed E-state index contributed by atoms with van der Waals surface area (Å²) in [5, 5.41) is 3.63. The highest BCUT2D eigenvalue weighted by Gasteiger charge is 2.18. The maximum Gasteiger partial charge on any atom is 0.0598 e. The van der Waals surface area contributed by atoms with Crippen molar-refractivity contribution in [3.63, 3.8) is 0 Å². The molecule has 0 saturated carbocycles. The molecule has 0 radical (unpaired) electrons. The first-order valence-corrected chi connectivity index (χ1v) is 7.15. The SMILES string of the molecule is C#CCN1CCC(NCc2ncccc2CC)CC1. The Morgan fingerprint density at radius 1 is 1.47 bits per heavy atom. The Hall–Kier alpha value is -1.37. The van der Waals surface area contributed by atoms with E-state index in [9.17, 15) is 0 Å². The monoisotopic (exact) mass is 257 g/mol. The summed E-state index contributed by atoms with van der Waals surface area (Å²) in [5.41, 5.74) is 2.54. The van der Waals surface area contributed by atoms with E-state index in [0.29, 0.717) is 6.04 Å². The van der Waals surface area contributed by atoms with Gasteiger partial charge in [0.15, 0.2) is 0 Å². The number of hydrogen-bond donors (Lipinski definition) is 1. The van der Waals surface area contributed by atoms with Crippen LogP contribution < -0.4 is 5.32 Å². The molecule has 0 unspecified atom stereocenters. The fourth-order valence-corrected chi connectivity index (χ4v) is 2.62. The smallest absolute Gasteiger partial charge is 0.0598 e. The highest BCUT2D eigenvalue weighted by Crippen LogP contribution is 2.11. The van der Waals surface area contributed by atoms with E-state index in [2.05, 4.69) is 34.1 Å². The largest absolute Gasteiger partial charge is 0.308 e. The topological polar surface area (TPSA) is 28.2 Å². The molecule has 3 heteroatoms. The van der Waals surface area contributed by atoms with Crippen molar-refractivity contribution in [1.29, 1.82) is 0 Å². The summed E-state index contributed by atoms with van der Waals surface area (Å²) >= 11 is 0. The lowest BCUT2D eigenvalue weighted by atomic mass is 10.0. The fourth-order valence-electron chi connectivity index (χ4n) is 2.62. The summed E-state index contributed by atoms with van der Waals surface area (Å²) in [6.45, 7) is 6.05. The van der Waals surface area contributed by atoms with Crippen LogP contribution in [-0.4, -0.2) is 35.6 Å². The van der Waals surface area contributed by atoms with Crippen LogP contribution in [0.2, 0.25) is 0 Å². The second-order valence-electron chi connectivity index (χ2n) is 5.10. The van der Waals surface area contributed by atoms with Crippen LogP contribution in [0.1, 0.15) is 31.0 Å². The van der Waals surface area contributed by atoms with Crippen LogP contribution >= 0.6 is 0 Å². The second-order valence-corrected chi connectivity index (χ2v) is 5.10. The molecule has 0 aromatic carbocycles. The normalized spacial score (nSPS) is 17.3. The number of aromatic nitrogens is 1. The number of rotatable bonds is 5. The van der Waals surface area contributed by atoms with Gasteiger partial charge in [-0.15, -0.1) is 6.42 Å². The number of aryl methyl sites for hydroxylation is 1. The van der Waals surface area contributed by atoms with Gasteiger partial charge < -0.3 is 5.32 Å². The Morgan fingerprint density at radius 3 is 2.95 bits per heavy atom. The summed E-state index contributed by atoms with van der Waals surface area (Å²) in [4.78, 5) is 6.82. The molecule has 3 nitrogen and oxygen atoms in total. The first-order valence-electron chi connectivity index (χ1n) is 7.15. The zero-order chi connectivity index (χ0) is 13.5. The summed E-state index contributed by atoms with van der Waals surface area (Å²) in [7, 11) is 0. The minimum atomic E-state index is 0.598. The van der Waals surface area contributed by atoms with E-state index in [1.807, 2.05) is 12.3 Å². The molecule has 1 aromatic heterocycles. The zero-order valence-corrected chi connectivity index (χ0v) is 11.7. The molecule has 102 valence electrons. The molecule has 1 N–H and O–H groups in total. The molecule has 19 heavy (non-hydrogen) atoms. The summed E-state index contributed by atoms with van der Waals surface area (Å²) in [6.07, 6.45) is 10.6. The number of hydrogen-bond acceptors (Lipinski definition) is 3. The Morgan fingerprint density at radius 2 is 2.26 bits per heavy atom. The molecule has 0 bridgehead atoms. The molecule has 0 spiro atoms. The number of nitrogens with one attached hydrogen (secondary N) is 1. The van der Waals surface area contributed by atoms with Crippen molar-refractivity contribution in [3.8, 4) is 12.3 Å². The average molecular weight is 257 g/mol. The quantitative estimate of drug-likeness (QED) is 0.816. The maximum absolute atomic E-state index is 5.35. The van der Waals surface area contributed by atoms with Crippen molar-refractivity contribution < 1.29 is 0 Å². The van der Waals surface area contributed by atoms with Crippen LogP contribution in [-0.2, 0) is 13.0 Å². The second kappa shape index (κ2) is 7.28. The van der Waals surface area contributed by atoms with Crippen molar-refractivity contribution in [2.24, 2.45) is 0 Å². The molecular weight excluding hydrogens is 234 g/mol. The van der Waals surface area contributed by atoms with E-state index in [0.717, 1.165) is 32.6 Å². The van der Waals surface area contributed by atoms with Crippen molar-refractivity contribution in [1.82, 2.24) is 15.2 Å². The third-order valence-electron chi connectivity index (χ3n) is 3.83. The van der Waals surface area contributed by atoms with Gasteiger partial charge in [0, 0.05) is 31.9 Å². The van der Waals surface area contributed by atoms with Gasteiger partial charge in [0.05, 0.1) is 12.2 Å². The van der Waals surface area contributed by atoms with Gasteiger partial charge in [0.1, 0.15) is 0 Å². The Kier molecular flexibility index (Phi) is 5.38. The Labute approximate surface area is 116 Å². The van der Waals surface area contributed by atoms with Crippen LogP contribution in [0.5, 0.6) is 0 Å². The average Bonchev–Trinajstić information content (AvgIpc) is 2.47. The fraction of sp³-hybridized carbons (Fsp3) is 0.562. The van der Waals surface area contributed by atoms with E-state index < -0.39 is 0 Å². The van der Waals surface area contributed by atoms with Crippen molar-refractivity contribution in [2.75, 3.05) is 19.6 Å². The molecule has 1 fully saturated rings.